The van der Waals surface area contributed by atoms with Crippen molar-refractivity contribution in [2.24, 2.45) is 5.73 Å². The molecule has 0 saturated carbocycles. The molecule has 0 saturated heterocycles. The normalized spacial score (nSPS) is 10.4. The summed E-state index contributed by atoms with van der Waals surface area (Å²) in [7, 11) is 1.48. The summed E-state index contributed by atoms with van der Waals surface area (Å²) >= 11 is 5.91. The molecular weight excluding hydrogens is 396 g/mol. The third kappa shape index (κ3) is 4.44. The summed E-state index contributed by atoms with van der Waals surface area (Å²) in [5.41, 5.74) is 5.22. The second-order valence-electron chi connectivity index (χ2n) is 6.01. The average molecular weight is 413 g/mol. The van der Waals surface area contributed by atoms with Crippen LogP contribution in [0.4, 0.5) is 5.69 Å². The number of hydrogen-bond donors (Lipinski definition) is 2. The van der Waals surface area contributed by atoms with Gasteiger partial charge in [0.2, 0.25) is 5.91 Å². The second kappa shape index (κ2) is 8.57. The monoisotopic (exact) mass is 412 g/mol. The Balaban J connectivity index is 2.00. The number of nitrogens with two attached hydrogens (primary N) is 1. The Bertz CT molecular complexity index is 1130. The van der Waals surface area contributed by atoms with Crippen molar-refractivity contribution in [3.05, 3.63) is 75.7 Å². The predicted octanol–water partition coefficient (Wildman–Crippen LogP) is 2.31. The van der Waals surface area contributed by atoms with Gasteiger partial charge in [-0.15, -0.1) is 0 Å². The van der Waals surface area contributed by atoms with Gasteiger partial charge in [0, 0.05) is 16.8 Å². The zero-order valence-corrected chi connectivity index (χ0v) is 16.1. The number of halogens is 1. The summed E-state index contributed by atoms with van der Waals surface area (Å²) < 4.78 is 6.30. The lowest BCUT2D eigenvalue weighted by atomic mass is 10.2. The Labute approximate surface area is 170 Å². The quantitative estimate of drug-likeness (QED) is 0.644. The van der Waals surface area contributed by atoms with E-state index in [-0.39, 0.29) is 17.9 Å². The van der Waals surface area contributed by atoms with Gasteiger partial charge in [-0.1, -0.05) is 23.7 Å². The maximum atomic E-state index is 12.8. The van der Waals surface area contributed by atoms with Gasteiger partial charge >= 0.3 is 0 Å². The largest absolute Gasteiger partial charge is 0.495 e. The van der Waals surface area contributed by atoms with Gasteiger partial charge < -0.3 is 15.8 Å². The molecule has 148 valence electrons. The van der Waals surface area contributed by atoms with Crippen molar-refractivity contribution in [2.45, 2.75) is 6.54 Å². The lowest BCUT2D eigenvalue weighted by molar-refractivity contribution is -0.116. The number of anilines is 1. The molecule has 1 heterocycles. The van der Waals surface area contributed by atoms with Crippen LogP contribution in [-0.2, 0) is 11.3 Å². The Morgan fingerprint density at radius 2 is 1.86 bits per heavy atom. The Hall–Kier alpha value is -3.65. The van der Waals surface area contributed by atoms with Crippen molar-refractivity contribution >= 4 is 29.1 Å². The third-order valence-electron chi connectivity index (χ3n) is 4.10. The summed E-state index contributed by atoms with van der Waals surface area (Å²) in [6.07, 6.45) is 1.10. The number of amides is 2. The van der Waals surface area contributed by atoms with Crippen molar-refractivity contribution in [2.75, 3.05) is 12.4 Å². The van der Waals surface area contributed by atoms with Gasteiger partial charge in [-0.25, -0.2) is 4.98 Å². The lowest BCUT2D eigenvalue weighted by Gasteiger charge is -2.14. The van der Waals surface area contributed by atoms with Crippen molar-refractivity contribution in [3.63, 3.8) is 0 Å². The van der Waals surface area contributed by atoms with Crippen LogP contribution in [-0.4, -0.2) is 28.5 Å². The van der Waals surface area contributed by atoms with Crippen LogP contribution in [0.15, 0.2) is 59.5 Å². The molecule has 3 N–H and O–H groups in total. The van der Waals surface area contributed by atoms with Crippen LogP contribution in [0.25, 0.3) is 11.4 Å². The van der Waals surface area contributed by atoms with Gasteiger partial charge in [0.05, 0.1) is 12.8 Å². The molecule has 0 fully saturated rings. The fraction of sp³-hybridized carbons (Fsp3) is 0.100. The standard InChI is InChI=1S/C20H17ClN4O4/c1-29-16-5-3-2-4-15(16)24-17(26)11-25-19(12-6-8-13(21)9-7-12)23-10-14(18(22)27)20(25)28/h2-10H,11H2,1H3,(H2,22,27)(H,24,26). The Morgan fingerprint density at radius 1 is 1.17 bits per heavy atom. The van der Waals surface area contributed by atoms with Gasteiger partial charge in [0.15, 0.2) is 0 Å². The summed E-state index contributed by atoms with van der Waals surface area (Å²) in [6.45, 7) is -0.386. The molecule has 0 aliphatic carbocycles. The van der Waals surface area contributed by atoms with E-state index in [0.29, 0.717) is 22.0 Å². The van der Waals surface area contributed by atoms with Crippen molar-refractivity contribution in [3.8, 4) is 17.1 Å². The molecular formula is C20H17ClN4O4. The van der Waals surface area contributed by atoms with Crippen molar-refractivity contribution < 1.29 is 14.3 Å². The van der Waals surface area contributed by atoms with Gasteiger partial charge in [0.25, 0.3) is 11.5 Å². The van der Waals surface area contributed by atoms with Crippen LogP contribution >= 0.6 is 11.6 Å². The number of aromatic nitrogens is 2. The molecule has 9 heteroatoms. The summed E-state index contributed by atoms with van der Waals surface area (Å²) in [4.78, 5) is 41.1. The maximum Gasteiger partial charge on any atom is 0.267 e. The molecule has 1 aromatic heterocycles. The first-order valence-corrected chi connectivity index (χ1v) is 8.87. The molecule has 0 atom stereocenters. The third-order valence-corrected chi connectivity index (χ3v) is 4.35. The van der Waals surface area contributed by atoms with E-state index in [9.17, 15) is 14.4 Å². The minimum atomic E-state index is -0.927. The average Bonchev–Trinajstić information content (AvgIpc) is 2.70. The fourth-order valence-electron chi connectivity index (χ4n) is 2.72. The smallest absolute Gasteiger partial charge is 0.267 e. The minimum absolute atomic E-state index is 0.201. The molecule has 29 heavy (non-hydrogen) atoms. The molecule has 2 aromatic carbocycles. The molecule has 0 aliphatic heterocycles. The van der Waals surface area contributed by atoms with E-state index in [1.54, 1.807) is 48.5 Å². The van der Waals surface area contributed by atoms with E-state index >= 15 is 0 Å². The van der Waals surface area contributed by atoms with Crippen LogP contribution in [0, 0.1) is 0 Å². The highest BCUT2D eigenvalue weighted by molar-refractivity contribution is 6.30. The molecule has 0 aliphatic rings. The lowest BCUT2D eigenvalue weighted by Crippen LogP contribution is -2.34. The second-order valence-corrected chi connectivity index (χ2v) is 6.44. The van der Waals surface area contributed by atoms with Crippen LogP contribution in [0.5, 0.6) is 5.75 Å². The predicted molar refractivity (Wildman–Crippen MR) is 109 cm³/mol. The van der Waals surface area contributed by atoms with E-state index < -0.39 is 17.4 Å². The number of methoxy groups -OCH3 is 1. The van der Waals surface area contributed by atoms with E-state index in [0.717, 1.165) is 10.8 Å². The molecule has 3 rings (SSSR count). The number of carbonyl (C=O) groups excluding carboxylic acids is 2. The van der Waals surface area contributed by atoms with Crippen LogP contribution in [0.2, 0.25) is 5.02 Å². The number of para-hydroxylation sites is 2. The highest BCUT2D eigenvalue weighted by Crippen LogP contribution is 2.23. The summed E-state index contributed by atoms with van der Waals surface area (Å²) in [5, 5.41) is 3.19. The highest BCUT2D eigenvalue weighted by Gasteiger charge is 2.18. The molecule has 0 unspecified atom stereocenters. The SMILES string of the molecule is COc1ccccc1NC(=O)Cn1c(-c2ccc(Cl)cc2)ncc(C(N)=O)c1=O. The number of nitrogens with one attached hydrogen (secondary N) is 1. The Morgan fingerprint density at radius 3 is 2.52 bits per heavy atom. The molecule has 0 spiro atoms. The van der Waals surface area contributed by atoms with Crippen molar-refractivity contribution in [1.29, 1.82) is 0 Å². The number of hydrogen-bond acceptors (Lipinski definition) is 5. The van der Waals surface area contributed by atoms with Crippen molar-refractivity contribution in [1.82, 2.24) is 9.55 Å². The van der Waals surface area contributed by atoms with Gasteiger partial charge in [0.1, 0.15) is 23.7 Å². The molecule has 8 nitrogen and oxygen atoms in total. The number of benzene rings is 2. The number of primary amides is 1. The number of nitrogens with zero attached hydrogens (tertiary/aromatic N) is 2. The first-order chi connectivity index (χ1) is 13.9. The van der Waals surface area contributed by atoms with E-state index in [1.807, 2.05) is 0 Å². The molecule has 3 aromatic rings. The van der Waals surface area contributed by atoms with Crippen LogP contribution in [0.3, 0.4) is 0 Å². The van der Waals surface area contributed by atoms with Crippen LogP contribution < -0.4 is 21.3 Å². The highest BCUT2D eigenvalue weighted by atomic mass is 35.5. The first kappa shape index (κ1) is 20.1. The number of rotatable bonds is 6. The summed E-state index contributed by atoms with van der Waals surface area (Å²) in [5.74, 6) is -0.763. The van der Waals surface area contributed by atoms with E-state index in [4.69, 9.17) is 22.1 Å². The minimum Gasteiger partial charge on any atom is -0.495 e. The van der Waals surface area contributed by atoms with Crippen LogP contribution in [0.1, 0.15) is 10.4 Å². The molecule has 2 amide bonds. The maximum absolute atomic E-state index is 12.8. The Kier molecular flexibility index (Phi) is 5.94. The van der Waals surface area contributed by atoms with E-state index in [1.165, 1.54) is 7.11 Å². The van der Waals surface area contributed by atoms with Gasteiger partial charge in [-0.05, 0) is 36.4 Å². The zero-order valence-electron chi connectivity index (χ0n) is 15.4. The van der Waals surface area contributed by atoms with Gasteiger partial charge in [-0.2, -0.15) is 0 Å². The van der Waals surface area contributed by atoms with Gasteiger partial charge in [-0.3, -0.25) is 19.0 Å². The first-order valence-electron chi connectivity index (χ1n) is 8.49. The zero-order chi connectivity index (χ0) is 21.0. The number of carbonyl (C=O) groups is 2. The van der Waals surface area contributed by atoms with E-state index in [2.05, 4.69) is 10.3 Å². The fourth-order valence-corrected chi connectivity index (χ4v) is 2.84. The molecule has 0 radical (unpaired) electrons. The summed E-state index contributed by atoms with van der Waals surface area (Å²) in [6, 6.07) is 13.4. The molecule has 0 bridgehead atoms. The topological polar surface area (TPSA) is 116 Å². The number of ether oxygens (including phenoxy) is 1.